The molecular formula is C10H11BrClN3O. The van der Waals surface area contributed by atoms with E-state index in [0.29, 0.717) is 10.0 Å². The minimum absolute atomic E-state index is 0.0696. The number of pyridine rings is 1. The van der Waals surface area contributed by atoms with Crippen LogP contribution < -0.4 is 5.73 Å². The zero-order valence-electron chi connectivity index (χ0n) is 8.54. The number of halogens is 2. The smallest absolute Gasteiger partial charge is 0.257 e. The molecule has 0 radical (unpaired) electrons. The lowest BCUT2D eigenvalue weighted by Gasteiger charge is -2.16. The summed E-state index contributed by atoms with van der Waals surface area (Å²) in [6.45, 7) is 1.58. The van der Waals surface area contributed by atoms with Crippen molar-refractivity contribution in [3.8, 4) is 0 Å². The number of nitrogens with two attached hydrogens (primary N) is 1. The van der Waals surface area contributed by atoms with E-state index < -0.39 is 0 Å². The number of amides is 1. The summed E-state index contributed by atoms with van der Waals surface area (Å²) in [6, 6.07) is 1.63. The van der Waals surface area contributed by atoms with Crippen LogP contribution in [0.4, 0.5) is 5.82 Å². The van der Waals surface area contributed by atoms with Crippen LogP contribution in [0.1, 0.15) is 23.2 Å². The van der Waals surface area contributed by atoms with Gasteiger partial charge in [0.05, 0.1) is 10.0 Å². The summed E-state index contributed by atoms with van der Waals surface area (Å²) in [5, 5.41) is 0.274. The zero-order chi connectivity index (χ0) is 11.7. The van der Waals surface area contributed by atoms with E-state index in [0.717, 1.165) is 25.9 Å². The first-order chi connectivity index (χ1) is 7.59. The van der Waals surface area contributed by atoms with Gasteiger partial charge in [0.15, 0.2) is 0 Å². The summed E-state index contributed by atoms with van der Waals surface area (Å²) in [7, 11) is 0. The molecule has 2 N–H and O–H groups in total. The van der Waals surface area contributed by atoms with Crippen molar-refractivity contribution in [2.75, 3.05) is 18.8 Å². The average molecular weight is 305 g/mol. The Balaban J connectivity index is 2.32. The second-order valence-corrected chi connectivity index (χ2v) is 4.91. The standard InChI is InChI=1S/C10H11BrClN3O/c11-7-5-6(9(13)14-8(7)12)10(16)15-3-1-2-4-15/h5H,1-4H2,(H2,13,14). The van der Waals surface area contributed by atoms with Gasteiger partial charge in [-0.15, -0.1) is 0 Å². The predicted octanol–water partition coefficient (Wildman–Crippen LogP) is 2.32. The summed E-state index contributed by atoms with van der Waals surface area (Å²) in [5.74, 6) is 0.116. The highest BCUT2D eigenvalue weighted by Crippen LogP contribution is 2.26. The van der Waals surface area contributed by atoms with Gasteiger partial charge >= 0.3 is 0 Å². The molecule has 0 aliphatic carbocycles. The minimum Gasteiger partial charge on any atom is -0.383 e. The Bertz CT molecular complexity index is 432. The molecule has 1 aliphatic heterocycles. The van der Waals surface area contributed by atoms with Crippen LogP contribution >= 0.6 is 27.5 Å². The number of rotatable bonds is 1. The van der Waals surface area contributed by atoms with Gasteiger partial charge in [-0.25, -0.2) is 4.98 Å². The molecule has 0 aromatic carbocycles. The van der Waals surface area contributed by atoms with Crippen molar-refractivity contribution in [2.45, 2.75) is 12.8 Å². The van der Waals surface area contributed by atoms with Crippen molar-refractivity contribution in [1.29, 1.82) is 0 Å². The first-order valence-corrected chi connectivity index (χ1v) is 6.17. The molecule has 1 aliphatic rings. The van der Waals surface area contributed by atoms with Crippen LogP contribution in [0.3, 0.4) is 0 Å². The SMILES string of the molecule is Nc1nc(Cl)c(Br)cc1C(=O)N1CCCC1. The van der Waals surface area contributed by atoms with Crippen molar-refractivity contribution in [3.63, 3.8) is 0 Å². The van der Waals surface area contributed by atoms with Crippen LogP contribution in [0.2, 0.25) is 5.15 Å². The maximum absolute atomic E-state index is 12.1. The molecular weight excluding hydrogens is 293 g/mol. The van der Waals surface area contributed by atoms with Crippen LogP contribution in [0, 0.1) is 0 Å². The quantitative estimate of drug-likeness (QED) is 0.810. The van der Waals surface area contributed by atoms with E-state index >= 15 is 0 Å². The third kappa shape index (κ3) is 2.15. The first-order valence-electron chi connectivity index (χ1n) is 5.00. The number of carbonyl (C=O) groups excluding carboxylic acids is 1. The predicted molar refractivity (Wildman–Crippen MR) is 66.5 cm³/mol. The fourth-order valence-corrected chi connectivity index (χ4v) is 2.20. The lowest BCUT2D eigenvalue weighted by atomic mass is 10.2. The molecule has 0 atom stereocenters. The van der Waals surface area contributed by atoms with Gasteiger partial charge < -0.3 is 10.6 Å². The molecule has 0 saturated carbocycles. The number of hydrogen-bond donors (Lipinski definition) is 1. The van der Waals surface area contributed by atoms with Gasteiger partial charge in [0.25, 0.3) is 5.91 Å². The summed E-state index contributed by atoms with van der Waals surface area (Å²) < 4.78 is 0.589. The van der Waals surface area contributed by atoms with E-state index in [4.69, 9.17) is 17.3 Å². The average Bonchev–Trinajstić information content (AvgIpc) is 2.75. The number of nitrogen functional groups attached to an aromatic ring is 1. The van der Waals surface area contributed by atoms with E-state index in [1.807, 2.05) is 0 Å². The van der Waals surface area contributed by atoms with Gasteiger partial charge in [0.1, 0.15) is 11.0 Å². The Morgan fingerprint density at radius 1 is 1.50 bits per heavy atom. The Morgan fingerprint density at radius 2 is 2.12 bits per heavy atom. The van der Waals surface area contributed by atoms with Crippen LogP contribution in [-0.4, -0.2) is 28.9 Å². The molecule has 1 aromatic rings. The minimum atomic E-state index is -0.0696. The Labute approximate surface area is 107 Å². The van der Waals surface area contributed by atoms with Crippen molar-refractivity contribution in [3.05, 3.63) is 21.3 Å². The van der Waals surface area contributed by atoms with Crippen molar-refractivity contribution < 1.29 is 4.79 Å². The molecule has 1 amide bonds. The molecule has 1 saturated heterocycles. The highest BCUT2D eigenvalue weighted by molar-refractivity contribution is 9.10. The van der Waals surface area contributed by atoms with Gasteiger partial charge in [-0.1, -0.05) is 11.6 Å². The van der Waals surface area contributed by atoms with E-state index in [9.17, 15) is 4.79 Å². The fourth-order valence-electron chi connectivity index (χ4n) is 1.74. The van der Waals surface area contributed by atoms with Crippen LogP contribution in [0.15, 0.2) is 10.5 Å². The Kier molecular flexibility index (Phi) is 3.35. The third-order valence-electron chi connectivity index (χ3n) is 2.59. The highest BCUT2D eigenvalue weighted by Gasteiger charge is 2.22. The Morgan fingerprint density at radius 3 is 2.75 bits per heavy atom. The second kappa shape index (κ2) is 4.59. The monoisotopic (exact) mass is 303 g/mol. The van der Waals surface area contributed by atoms with Gasteiger partial charge in [-0.3, -0.25) is 4.79 Å². The third-order valence-corrected chi connectivity index (χ3v) is 3.71. The number of aromatic nitrogens is 1. The largest absolute Gasteiger partial charge is 0.383 e. The summed E-state index contributed by atoms with van der Waals surface area (Å²) >= 11 is 9.02. The molecule has 0 bridgehead atoms. The number of anilines is 1. The van der Waals surface area contributed by atoms with Crippen molar-refractivity contribution in [1.82, 2.24) is 9.88 Å². The molecule has 1 fully saturated rings. The molecule has 86 valence electrons. The maximum atomic E-state index is 12.1. The normalized spacial score (nSPS) is 15.5. The van der Waals surface area contributed by atoms with Crippen LogP contribution in [0.5, 0.6) is 0 Å². The summed E-state index contributed by atoms with van der Waals surface area (Å²) in [4.78, 5) is 17.8. The number of hydrogen-bond acceptors (Lipinski definition) is 3. The summed E-state index contributed by atoms with van der Waals surface area (Å²) in [5.41, 5.74) is 6.11. The lowest BCUT2D eigenvalue weighted by Crippen LogP contribution is -2.28. The number of likely N-dealkylation sites (tertiary alicyclic amines) is 1. The van der Waals surface area contributed by atoms with E-state index in [1.54, 1.807) is 11.0 Å². The van der Waals surface area contributed by atoms with Crippen LogP contribution in [0.25, 0.3) is 0 Å². The van der Waals surface area contributed by atoms with Gasteiger partial charge in [-0.05, 0) is 34.8 Å². The molecule has 4 nitrogen and oxygen atoms in total. The van der Waals surface area contributed by atoms with Crippen molar-refractivity contribution >= 4 is 39.3 Å². The molecule has 2 rings (SSSR count). The van der Waals surface area contributed by atoms with Crippen LogP contribution in [-0.2, 0) is 0 Å². The zero-order valence-corrected chi connectivity index (χ0v) is 10.9. The fraction of sp³-hybridized carbons (Fsp3) is 0.400. The van der Waals surface area contributed by atoms with Gasteiger partial charge in [0.2, 0.25) is 0 Å². The maximum Gasteiger partial charge on any atom is 0.257 e. The van der Waals surface area contributed by atoms with E-state index in [2.05, 4.69) is 20.9 Å². The molecule has 16 heavy (non-hydrogen) atoms. The lowest BCUT2D eigenvalue weighted by molar-refractivity contribution is 0.0793. The number of nitrogens with zero attached hydrogens (tertiary/aromatic N) is 2. The molecule has 0 spiro atoms. The molecule has 6 heteroatoms. The molecule has 0 unspecified atom stereocenters. The molecule has 2 heterocycles. The molecule has 1 aromatic heterocycles. The number of carbonyl (C=O) groups is 1. The van der Waals surface area contributed by atoms with Gasteiger partial charge in [0, 0.05) is 13.1 Å². The van der Waals surface area contributed by atoms with E-state index in [-0.39, 0.29) is 16.9 Å². The highest BCUT2D eigenvalue weighted by atomic mass is 79.9. The van der Waals surface area contributed by atoms with Gasteiger partial charge in [-0.2, -0.15) is 0 Å². The Hall–Kier alpha value is -0.810. The van der Waals surface area contributed by atoms with Crippen molar-refractivity contribution in [2.24, 2.45) is 0 Å². The van der Waals surface area contributed by atoms with E-state index in [1.165, 1.54) is 0 Å². The summed E-state index contributed by atoms with van der Waals surface area (Å²) in [6.07, 6.45) is 2.10. The second-order valence-electron chi connectivity index (χ2n) is 3.69. The topological polar surface area (TPSA) is 59.2 Å². The first kappa shape index (κ1) is 11.7.